The zero-order chi connectivity index (χ0) is 52.3. The van der Waals surface area contributed by atoms with E-state index in [2.05, 4.69) is 24.9 Å². The molecule has 0 unspecified atom stereocenters. The summed E-state index contributed by atoms with van der Waals surface area (Å²) in [6.07, 6.45) is 20.2. The molecule has 2 heterocycles. The van der Waals surface area contributed by atoms with Gasteiger partial charge in [-0.15, -0.1) is 6.58 Å². The number of hydrogen-bond donors (Lipinski definition) is 3. The summed E-state index contributed by atoms with van der Waals surface area (Å²) in [5, 5.41) is 39.4. The molecule has 0 aromatic heterocycles. The number of amides is 2. The Labute approximate surface area is 436 Å². The molecule has 3 N–H and O–H groups in total. The van der Waals surface area contributed by atoms with Crippen LogP contribution in [-0.4, -0.2) is 89.3 Å². The molecule has 0 bridgehead atoms. The van der Waals surface area contributed by atoms with E-state index in [4.69, 9.17) is 33.7 Å². The van der Waals surface area contributed by atoms with E-state index in [-0.39, 0.29) is 69.0 Å². The van der Waals surface area contributed by atoms with Gasteiger partial charge >= 0.3 is 6.09 Å². The van der Waals surface area contributed by atoms with Crippen molar-refractivity contribution in [3.8, 4) is 23.0 Å². The average molecular weight is 1020 g/mol. The van der Waals surface area contributed by atoms with Gasteiger partial charge in [0.05, 0.1) is 23.2 Å². The standard InChI is InChI=1S/C58H78N4O12/c1-4-7-8-9-10-11-12-13-14-17-30-59-57(66)73-45-27-29-50-48(37-45)54-46(21-16-19-33-64)42(20-15-18-32-63)35-47-49(60-72-39-41-22-25-44(26-23-41)62(67)68)38-53(58(74-50,55(47)54)71-34-6-3)61(31-5-2)56(65)43-24-28-51-52(36-43)70-40-69-51/h6,22-29,35-37,42,46,53-55,63-64H,3-5,7-21,30-34,38-40H2,1-2H3,(H,59,66)/t42-,46+,53-,54+,55+,58+/m0/s1. The number of benzene rings is 3. The average Bonchev–Trinajstić information content (AvgIpc) is 3.93. The number of rotatable bonds is 31. The highest BCUT2D eigenvalue weighted by Gasteiger charge is 2.65. The molecule has 402 valence electrons. The fourth-order valence-corrected chi connectivity index (χ4v) is 11.4. The van der Waals surface area contributed by atoms with Gasteiger partial charge in [-0.3, -0.25) is 14.9 Å². The smallest absolute Gasteiger partial charge is 0.412 e. The molecule has 0 spiro atoms. The van der Waals surface area contributed by atoms with Crippen LogP contribution in [0, 0.1) is 27.9 Å². The molecule has 3 aromatic carbocycles. The third-order valence-corrected chi connectivity index (χ3v) is 14.9. The maximum Gasteiger partial charge on any atom is 0.412 e. The number of fused-ring (bicyclic) bond motifs is 3. The van der Waals surface area contributed by atoms with Crippen molar-refractivity contribution in [3.05, 3.63) is 112 Å². The lowest BCUT2D eigenvalue weighted by Crippen LogP contribution is -2.70. The minimum Gasteiger partial charge on any atom is -0.459 e. The lowest BCUT2D eigenvalue weighted by atomic mass is 9.55. The van der Waals surface area contributed by atoms with Crippen LogP contribution in [0.25, 0.3) is 0 Å². The van der Waals surface area contributed by atoms with Gasteiger partial charge in [-0.05, 0) is 110 Å². The molecule has 74 heavy (non-hydrogen) atoms. The van der Waals surface area contributed by atoms with E-state index >= 15 is 4.79 Å². The van der Waals surface area contributed by atoms with Crippen LogP contribution < -0.4 is 24.3 Å². The number of nitrogens with one attached hydrogen (secondary N) is 1. The minimum absolute atomic E-state index is 0.0193. The highest BCUT2D eigenvalue weighted by molar-refractivity contribution is 6.03. The lowest BCUT2D eigenvalue weighted by Gasteiger charge is -2.60. The molecule has 16 nitrogen and oxygen atoms in total. The first-order valence-corrected chi connectivity index (χ1v) is 27.3. The van der Waals surface area contributed by atoms with Crippen LogP contribution in [0.1, 0.15) is 157 Å². The second-order valence-electron chi connectivity index (χ2n) is 20.0. The Balaban J connectivity index is 1.28. The molecular formula is C58H78N4O12. The van der Waals surface area contributed by atoms with E-state index in [9.17, 15) is 25.1 Å². The fourth-order valence-electron chi connectivity index (χ4n) is 11.4. The number of unbranched alkanes of at least 4 members (excludes halogenated alkanes) is 11. The van der Waals surface area contributed by atoms with Gasteiger partial charge in [-0.25, -0.2) is 4.79 Å². The summed E-state index contributed by atoms with van der Waals surface area (Å²) in [5.41, 5.74) is 3.28. The zero-order valence-corrected chi connectivity index (χ0v) is 43.5. The first kappa shape index (κ1) is 55.8. The molecule has 0 saturated heterocycles. The Kier molecular flexibility index (Phi) is 21.2. The molecule has 1 saturated carbocycles. The number of aliphatic hydroxyl groups is 2. The van der Waals surface area contributed by atoms with E-state index in [1.54, 1.807) is 42.5 Å². The van der Waals surface area contributed by atoms with Gasteiger partial charge < -0.3 is 49.0 Å². The highest BCUT2D eigenvalue weighted by atomic mass is 16.7. The number of nitro benzene ring substituents is 1. The Morgan fingerprint density at radius 1 is 0.865 bits per heavy atom. The quantitative estimate of drug-likeness (QED) is 0.0239. The number of aliphatic hydroxyl groups excluding tert-OH is 2. The summed E-state index contributed by atoms with van der Waals surface area (Å²) in [4.78, 5) is 47.7. The van der Waals surface area contributed by atoms with Crippen LogP contribution in [0.15, 0.2) is 90.1 Å². The molecule has 0 radical (unpaired) electrons. The topological polar surface area (TPSA) is 201 Å². The molecule has 7 rings (SSSR count). The maximum atomic E-state index is 15.2. The maximum absolute atomic E-state index is 15.2. The number of ether oxygens (including phenoxy) is 5. The van der Waals surface area contributed by atoms with Crippen LogP contribution in [0.3, 0.4) is 0 Å². The fraction of sp³-hybridized carbons (Fsp3) is 0.569. The number of allylic oxidation sites excluding steroid dienone is 1. The Morgan fingerprint density at radius 2 is 1.57 bits per heavy atom. The number of non-ortho nitro benzene ring substituents is 1. The number of carbonyl (C=O) groups excluding carboxylic acids is 2. The Hall–Kier alpha value is -5.97. The van der Waals surface area contributed by atoms with Crippen LogP contribution in [0.4, 0.5) is 10.5 Å². The highest BCUT2D eigenvalue weighted by Crippen LogP contribution is 2.62. The zero-order valence-electron chi connectivity index (χ0n) is 43.5. The van der Waals surface area contributed by atoms with Crippen LogP contribution in [-0.2, 0) is 16.2 Å². The van der Waals surface area contributed by atoms with E-state index < -0.39 is 28.8 Å². The summed E-state index contributed by atoms with van der Waals surface area (Å²) >= 11 is 0. The first-order chi connectivity index (χ1) is 36.2. The monoisotopic (exact) mass is 1020 g/mol. The third kappa shape index (κ3) is 13.8. The van der Waals surface area contributed by atoms with Gasteiger partial charge in [0.25, 0.3) is 11.6 Å². The minimum atomic E-state index is -1.52. The molecule has 2 aliphatic heterocycles. The molecule has 1 fully saturated rings. The number of nitrogens with zero attached hydrogens (tertiary/aromatic N) is 3. The second-order valence-corrected chi connectivity index (χ2v) is 20.0. The van der Waals surface area contributed by atoms with Gasteiger partial charge in [0.1, 0.15) is 24.1 Å². The van der Waals surface area contributed by atoms with Gasteiger partial charge in [0.2, 0.25) is 12.6 Å². The summed E-state index contributed by atoms with van der Waals surface area (Å²) < 4.78 is 31.9. The summed E-state index contributed by atoms with van der Waals surface area (Å²) in [5.74, 6) is -0.938. The number of carbonyl (C=O) groups is 2. The van der Waals surface area contributed by atoms with Gasteiger partial charge in [-0.2, -0.15) is 0 Å². The van der Waals surface area contributed by atoms with Crippen molar-refractivity contribution < 1.29 is 53.2 Å². The van der Waals surface area contributed by atoms with Crippen molar-refractivity contribution in [1.82, 2.24) is 10.2 Å². The van der Waals surface area contributed by atoms with Crippen molar-refractivity contribution in [2.45, 2.75) is 154 Å². The number of oxime groups is 1. The molecule has 2 aliphatic carbocycles. The Bertz CT molecular complexity index is 2390. The van der Waals surface area contributed by atoms with Crippen molar-refractivity contribution in [2.75, 3.05) is 39.7 Å². The lowest BCUT2D eigenvalue weighted by molar-refractivity contribution is -0.384. The van der Waals surface area contributed by atoms with Crippen molar-refractivity contribution >= 4 is 23.4 Å². The predicted octanol–water partition coefficient (Wildman–Crippen LogP) is 11.7. The second kappa shape index (κ2) is 28.1. The van der Waals surface area contributed by atoms with Crippen molar-refractivity contribution in [2.24, 2.45) is 22.9 Å². The molecule has 16 heteroatoms. The molecular weight excluding hydrogens is 945 g/mol. The molecule has 2 amide bonds. The van der Waals surface area contributed by atoms with Crippen LogP contribution in [0.2, 0.25) is 0 Å². The summed E-state index contributed by atoms with van der Waals surface area (Å²) in [6.45, 7) is 9.36. The molecule has 6 atom stereocenters. The number of hydrogen-bond acceptors (Lipinski definition) is 13. The van der Waals surface area contributed by atoms with Crippen LogP contribution >= 0.6 is 0 Å². The van der Waals surface area contributed by atoms with Crippen molar-refractivity contribution in [3.63, 3.8) is 0 Å². The third-order valence-electron chi connectivity index (χ3n) is 14.9. The van der Waals surface area contributed by atoms with Crippen molar-refractivity contribution in [1.29, 1.82) is 0 Å². The number of nitro groups is 1. The van der Waals surface area contributed by atoms with Gasteiger partial charge in [-0.1, -0.05) is 102 Å². The Morgan fingerprint density at radius 3 is 2.27 bits per heavy atom. The molecule has 4 aliphatic rings. The largest absolute Gasteiger partial charge is 0.459 e. The SMILES string of the molecule is C=CCO[C@@]12Oc3ccc(OC(=O)NCCCCCCCCCCCC)cc3[C@H]3[C@H](CCCCO)[C@@H](CCCCO)C=C(C(=NOCc4ccc([N+](=O)[O-])cc4)C[C@@H]1N(CCC)C(=O)c1ccc4c(c1)OCO4)[C@H]32. The summed E-state index contributed by atoms with van der Waals surface area (Å²) in [7, 11) is 0. The van der Waals surface area contributed by atoms with Crippen LogP contribution in [0.5, 0.6) is 23.0 Å². The van der Waals surface area contributed by atoms with Gasteiger partial charge in [0.15, 0.2) is 11.5 Å². The summed E-state index contributed by atoms with van der Waals surface area (Å²) in [6, 6.07) is 16.0. The van der Waals surface area contributed by atoms with E-state index in [0.717, 1.165) is 56.1 Å². The van der Waals surface area contributed by atoms with E-state index in [1.165, 1.54) is 57.1 Å². The predicted molar refractivity (Wildman–Crippen MR) is 283 cm³/mol. The normalized spacial score (nSPS) is 21.7. The first-order valence-electron chi connectivity index (χ1n) is 27.3. The van der Waals surface area contributed by atoms with E-state index in [0.29, 0.717) is 72.2 Å². The van der Waals surface area contributed by atoms with E-state index in [1.807, 2.05) is 24.0 Å². The van der Waals surface area contributed by atoms with Gasteiger partial charge in [0, 0.05) is 61.9 Å². The molecule has 3 aromatic rings.